The number of nitrogens with zero attached hydrogens (tertiary/aromatic N) is 1. The summed E-state index contributed by atoms with van der Waals surface area (Å²) < 4.78 is 0. The van der Waals surface area contributed by atoms with Gasteiger partial charge in [0.05, 0.1) is 0 Å². The zero-order valence-corrected chi connectivity index (χ0v) is 15.9. The highest BCUT2D eigenvalue weighted by molar-refractivity contribution is 5.94. The lowest BCUT2D eigenvalue weighted by Crippen LogP contribution is -2.31. The third-order valence-electron chi connectivity index (χ3n) is 4.62. The Morgan fingerprint density at radius 1 is 1.19 bits per heavy atom. The average molecular weight is 362 g/mol. The number of hydrogen-bond acceptors (Lipinski definition) is 3. The van der Waals surface area contributed by atoms with E-state index in [-0.39, 0.29) is 5.91 Å². The summed E-state index contributed by atoms with van der Waals surface area (Å²) in [6.45, 7) is 5.96. The molecule has 4 heteroatoms. The molecule has 1 fully saturated rings. The molecule has 1 heterocycles. The number of aliphatic hydroxyl groups is 1. The Morgan fingerprint density at radius 3 is 2.56 bits per heavy atom. The Kier molecular flexibility index (Phi) is 5.83. The molecule has 0 radical (unpaired) electrons. The molecule has 2 aromatic carbocycles. The van der Waals surface area contributed by atoms with Crippen molar-refractivity contribution in [2.24, 2.45) is 5.92 Å². The molecule has 0 aliphatic carbocycles. The van der Waals surface area contributed by atoms with Gasteiger partial charge < -0.3 is 15.3 Å². The van der Waals surface area contributed by atoms with Crippen molar-refractivity contribution < 1.29 is 9.90 Å². The summed E-state index contributed by atoms with van der Waals surface area (Å²) in [5, 5.41) is 12.7. The van der Waals surface area contributed by atoms with Crippen molar-refractivity contribution in [3.63, 3.8) is 0 Å². The Morgan fingerprint density at radius 2 is 1.89 bits per heavy atom. The molecule has 1 aliphatic rings. The highest BCUT2D eigenvalue weighted by Gasteiger charge is 2.23. The fourth-order valence-corrected chi connectivity index (χ4v) is 3.14. The van der Waals surface area contributed by atoms with Gasteiger partial charge in [0.25, 0.3) is 5.91 Å². The van der Waals surface area contributed by atoms with Gasteiger partial charge in [-0.3, -0.25) is 4.79 Å². The first-order chi connectivity index (χ1) is 12.9. The van der Waals surface area contributed by atoms with Crippen molar-refractivity contribution in [3.8, 4) is 11.8 Å². The second-order valence-corrected chi connectivity index (χ2v) is 7.53. The van der Waals surface area contributed by atoms with Gasteiger partial charge in [0.2, 0.25) is 0 Å². The molecule has 1 atom stereocenters. The van der Waals surface area contributed by atoms with Gasteiger partial charge >= 0.3 is 0 Å². The van der Waals surface area contributed by atoms with E-state index in [0.29, 0.717) is 18.0 Å². The molecule has 1 amide bonds. The van der Waals surface area contributed by atoms with E-state index in [1.807, 2.05) is 6.07 Å². The van der Waals surface area contributed by atoms with Crippen LogP contribution in [0.2, 0.25) is 0 Å². The molecule has 1 aliphatic heterocycles. The highest BCUT2D eigenvalue weighted by atomic mass is 16.3. The minimum absolute atomic E-state index is 0.0600. The summed E-state index contributed by atoms with van der Waals surface area (Å²) >= 11 is 0. The average Bonchev–Trinajstić information content (AvgIpc) is 3.14. The Labute approximate surface area is 161 Å². The van der Waals surface area contributed by atoms with E-state index in [1.165, 1.54) is 5.69 Å². The summed E-state index contributed by atoms with van der Waals surface area (Å²) in [4.78, 5) is 14.7. The normalized spacial score (nSPS) is 16.6. The van der Waals surface area contributed by atoms with Gasteiger partial charge in [-0.1, -0.05) is 30.0 Å². The van der Waals surface area contributed by atoms with Gasteiger partial charge in [-0.05, 0) is 62.6 Å². The van der Waals surface area contributed by atoms with E-state index in [1.54, 1.807) is 38.1 Å². The molecule has 1 unspecified atom stereocenters. The van der Waals surface area contributed by atoms with E-state index < -0.39 is 5.60 Å². The van der Waals surface area contributed by atoms with Gasteiger partial charge in [-0.15, -0.1) is 0 Å². The predicted molar refractivity (Wildman–Crippen MR) is 109 cm³/mol. The molecule has 0 spiro atoms. The lowest BCUT2D eigenvalue weighted by Gasteiger charge is -2.18. The van der Waals surface area contributed by atoms with Gasteiger partial charge in [-0.2, -0.15) is 0 Å². The minimum atomic E-state index is -1.02. The Bertz CT molecular complexity index is 827. The second-order valence-electron chi connectivity index (χ2n) is 7.53. The first-order valence-electron chi connectivity index (χ1n) is 9.34. The maximum atomic E-state index is 12.4. The lowest BCUT2D eigenvalue weighted by atomic mass is 10.1. The molecule has 1 saturated heterocycles. The number of amides is 1. The number of hydrogen-bond donors (Lipinski definition) is 2. The van der Waals surface area contributed by atoms with Crippen LogP contribution in [0.1, 0.15) is 36.2 Å². The van der Waals surface area contributed by atoms with Gasteiger partial charge in [0.15, 0.2) is 0 Å². The first-order valence-corrected chi connectivity index (χ1v) is 9.34. The zero-order chi connectivity index (χ0) is 19.3. The molecular formula is C23H26N2O2. The summed E-state index contributed by atoms with van der Waals surface area (Å²) in [5.41, 5.74) is 1.63. The monoisotopic (exact) mass is 362 g/mol. The van der Waals surface area contributed by atoms with Crippen LogP contribution in [0.3, 0.4) is 0 Å². The molecule has 4 nitrogen and oxygen atoms in total. The van der Waals surface area contributed by atoms with Crippen molar-refractivity contribution in [3.05, 3.63) is 65.7 Å². The quantitative estimate of drug-likeness (QED) is 0.822. The summed E-state index contributed by atoms with van der Waals surface area (Å²) in [5.74, 6) is 6.08. The van der Waals surface area contributed by atoms with Crippen molar-refractivity contribution >= 4 is 11.6 Å². The minimum Gasteiger partial charge on any atom is -0.378 e. The largest absolute Gasteiger partial charge is 0.378 e. The van der Waals surface area contributed by atoms with Crippen molar-refractivity contribution in [2.45, 2.75) is 25.9 Å². The molecule has 2 aromatic rings. The van der Waals surface area contributed by atoms with Gasteiger partial charge in [0.1, 0.15) is 5.60 Å². The fraction of sp³-hybridized carbons (Fsp3) is 0.348. The summed E-state index contributed by atoms with van der Waals surface area (Å²) in [6.07, 6.45) is 1.08. The fourth-order valence-electron chi connectivity index (χ4n) is 3.14. The molecule has 0 saturated carbocycles. The first kappa shape index (κ1) is 19.0. The molecule has 0 bridgehead atoms. The van der Waals surface area contributed by atoms with Crippen LogP contribution in [-0.2, 0) is 0 Å². The molecule has 27 heavy (non-hydrogen) atoms. The number of rotatable bonds is 4. The predicted octanol–water partition coefficient (Wildman–Crippen LogP) is 3.07. The molecule has 0 aromatic heterocycles. The van der Waals surface area contributed by atoms with Crippen LogP contribution in [0, 0.1) is 17.8 Å². The number of anilines is 1. The van der Waals surface area contributed by atoms with E-state index in [4.69, 9.17) is 0 Å². The van der Waals surface area contributed by atoms with Gasteiger partial charge in [0, 0.05) is 36.4 Å². The van der Waals surface area contributed by atoms with Crippen LogP contribution < -0.4 is 10.2 Å². The van der Waals surface area contributed by atoms with Crippen molar-refractivity contribution in [1.82, 2.24) is 5.32 Å². The Hall–Kier alpha value is -2.77. The number of benzene rings is 2. The van der Waals surface area contributed by atoms with Gasteiger partial charge in [-0.25, -0.2) is 0 Å². The molecule has 3 rings (SSSR count). The lowest BCUT2D eigenvalue weighted by molar-refractivity contribution is 0.0948. The maximum absolute atomic E-state index is 12.4. The molecule has 2 N–H and O–H groups in total. The van der Waals surface area contributed by atoms with E-state index in [2.05, 4.69) is 46.3 Å². The van der Waals surface area contributed by atoms with E-state index >= 15 is 0 Å². The summed E-state index contributed by atoms with van der Waals surface area (Å²) in [7, 11) is 0. The summed E-state index contributed by atoms with van der Waals surface area (Å²) in [6, 6.07) is 17.6. The standard InChI is InChI=1S/C23H26N2O2/c1-23(2,27)14-12-18-8-10-20(11-9-18)22(26)24-16-19-13-15-25(17-19)21-6-4-3-5-7-21/h3-11,19,27H,13,15-17H2,1-2H3,(H,24,26). The van der Waals surface area contributed by atoms with Crippen molar-refractivity contribution in [1.29, 1.82) is 0 Å². The van der Waals surface area contributed by atoms with Crippen LogP contribution in [0.25, 0.3) is 0 Å². The topological polar surface area (TPSA) is 52.6 Å². The molecular weight excluding hydrogens is 336 g/mol. The van der Waals surface area contributed by atoms with Crippen LogP contribution >= 0.6 is 0 Å². The van der Waals surface area contributed by atoms with Crippen LogP contribution in [0.15, 0.2) is 54.6 Å². The highest BCUT2D eigenvalue weighted by Crippen LogP contribution is 2.23. The number of para-hydroxylation sites is 1. The third kappa shape index (κ3) is 5.60. The third-order valence-corrected chi connectivity index (χ3v) is 4.62. The smallest absolute Gasteiger partial charge is 0.251 e. The van der Waals surface area contributed by atoms with Crippen molar-refractivity contribution in [2.75, 3.05) is 24.5 Å². The second kappa shape index (κ2) is 8.28. The number of carbonyl (C=O) groups is 1. The van der Waals surface area contributed by atoms with Crippen LogP contribution in [-0.4, -0.2) is 36.2 Å². The van der Waals surface area contributed by atoms with E-state index in [9.17, 15) is 9.90 Å². The molecule has 140 valence electrons. The SMILES string of the molecule is CC(C)(O)C#Cc1ccc(C(=O)NCC2CCN(c3ccccc3)C2)cc1. The Balaban J connectivity index is 1.50. The maximum Gasteiger partial charge on any atom is 0.251 e. The van der Waals surface area contributed by atoms with Crippen LogP contribution in [0.5, 0.6) is 0 Å². The number of carbonyl (C=O) groups excluding carboxylic acids is 1. The number of nitrogens with one attached hydrogen (secondary N) is 1. The van der Waals surface area contributed by atoms with E-state index in [0.717, 1.165) is 25.1 Å². The van der Waals surface area contributed by atoms with Crippen LogP contribution in [0.4, 0.5) is 5.69 Å². The zero-order valence-electron chi connectivity index (χ0n) is 15.9.